The van der Waals surface area contributed by atoms with Crippen LogP contribution in [0.2, 0.25) is 0 Å². The second-order valence-corrected chi connectivity index (χ2v) is 10.7. The summed E-state index contributed by atoms with van der Waals surface area (Å²) in [5, 5.41) is 7.81. The van der Waals surface area contributed by atoms with E-state index in [2.05, 4.69) is 29.6 Å². The summed E-state index contributed by atoms with van der Waals surface area (Å²) in [7, 11) is 1.62. The lowest BCUT2D eigenvalue weighted by Gasteiger charge is -2.43. The van der Waals surface area contributed by atoms with Gasteiger partial charge in [-0.1, -0.05) is 42.5 Å². The predicted molar refractivity (Wildman–Crippen MR) is 154 cm³/mol. The van der Waals surface area contributed by atoms with Gasteiger partial charge >= 0.3 is 0 Å². The average Bonchev–Trinajstić information content (AvgIpc) is 3.40. The van der Waals surface area contributed by atoms with Crippen molar-refractivity contribution in [1.82, 2.24) is 20.0 Å². The van der Waals surface area contributed by atoms with Crippen molar-refractivity contribution < 1.29 is 14.3 Å². The second-order valence-electron chi connectivity index (χ2n) is 9.80. The summed E-state index contributed by atoms with van der Waals surface area (Å²) in [6.07, 6.45) is 2.69. The zero-order chi connectivity index (χ0) is 27.4. The third kappa shape index (κ3) is 5.56. The van der Waals surface area contributed by atoms with Crippen LogP contribution in [0.25, 0.3) is 11.3 Å². The Morgan fingerprint density at radius 1 is 1.03 bits per heavy atom. The van der Waals surface area contributed by atoms with E-state index in [0.29, 0.717) is 30.9 Å². The minimum atomic E-state index is -1.11. The van der Waals surface area contributed by atoms with Gasteiger partial charge in [-0.3, -0.25) is 14.3 Å². The SMILES string of the molecule is COc1ccc(-c2cc3n(n2)C[C@](C)(C(=O)NCc2ccccc2)N(CCc2ccc(SC)cc2)C3=O)cc1. The fourth-order valence-electron chi connectivity index (χ4n) is 4.90. The van der Waals surface area contributed by atoms with Gasteiger partial charge in [-0.15, -0.1) is 11.8 Å². The number of aromatic nitrogens is 2. The van der Waals surface area contributed by atoms with Crippen LogP contribution in [0.4, 0.5) is 0 Å². The summed E-state index contributed by atoms with van der Waals surface area (Å²) in [5.74, 6) is 0.342. The molecule has 0 saturated heterocycles. The molecule has 1 N–H and O–H groups in total. The Hall–Kier alpha value is -4.04. The van der Waals surface area contributed by atoms with Crippen LogP contribution < -0.4 is 10.1 Å². The molecule has 0 saturated carbocycles. The number of ether oxygens (including phenoxy) is 1. The van der Waals surface area contributed by atoms with Gasteiger partial charge in [0.25, 0.3) is 5.91 Å². The van der Waals surface area contributed by atoms with Crippen molar-refractivity contribution in [3.8, 4) is 17.0 Å². The first-order valence-corrected chi connectivity index (χ1v) is 14.1. The molecule has 4 aromatic rings. The van der Waals surface area contributed by atoms with Gasteiger partial charge in [0, 0.05) is 23.5 Å². The van der Waals surface area contributed by atoms with Gasteiger partial charge in [-0.2, -0.15) is 5.10 Å². The minimum absolute atomic E-state index is 0.202. The van der Waals surface area contributed by atoms with Crippen molar-refractivity contribution in [3.05, 3.63) is 102 Å². The number of thioether (sulfide) groups is 1. The molecule has 1 aromatic heterocycles. The molecule has 8 heteroatoms. The van der Waals surface area contributed by atoms with Crippen LogP contribution in [0, 0.1) is 0 Å². The normalized spacial score (nSPS) is 16.6. The van der Waals surface area contributed by atoms with E-state index in [0.717, 1.165) is 22.4 Å². The van der Waals surface area contributed by atoms with Crippen molar-refractivity contribution in [2.45, 2.75) is 36.9 Å². The molecule has 3 aromatic carbocycles. The summed E-state index contributed by atoms with van der Waals surface area (Å²) in [5.41, 5.74) is 3.04. The van der Waals surface area contributed by atoms with Crippen LogP contribution in [0.15, 0.2) is 89.8 Å². The van der Waals surface area contributed by atoms with Gasteiger partial charge in [-0.25, -0.2) is 0 Å². The first kappa shape index (κ1) is 26.6. The van der Waals surface area contributed by atoms with Gasteiger partial charge in [0.05, 0.1) is 19.3 Å². The number of nitrogens with zero attached hydrogens (tertiary/aromatic N) is 3. The van der Waals surface area contributed by atoms with Gasteiger partial charge in [0.15, 0.2) is 0 Å². The molecule has 7 nitrogen and oxygen atoms in total. The summed E-state index contributed by atoms with van der Waals surface area (Å²) in [4.78, 5) is 30.6. The maximum absolute atomic E-state index is 13.9. The van der Waals surface area contributed by atoms with Crippen LogP contribution in [-0.2, 0) is 24.3 Å². The van der Waals surface area contributed by atoms with E-state index in [-0.39, 0.29) is 18.4 Å². The highest BCUT2D eigenvalue weighted by Crippen LogP contribution is 2.31. The fourth-order valence-corrected chi connectivity index (χ4v) is 5.30. The molecule has 200 valence electrons. The minimum Gasteiger partial charge on any atom is -0.497 e. The maximum atomic E-state index is 13.9. The van der Waals surface area contributed by atoms with E-state index >= 15 is 0 Å². The number of hydrogen-bond acceptors (Lipinski definition) is 5. The highest BCUT2D eigenvalue weighted by molar-refractivity contribution is 7.98. The molecule has 0 radical (unpaired) electrons. The van der Waals surface area contributed by atoms with Crippen LogP contribution >= 0.6 is 11.8 Å². The monoisotopic (exact) mass is 540 g/mol. The van der Waals surface area contributed by atoms with Gasteiger partial charge in [-0.05, 0) is 73.2 Å². The largest absolute Gasteiger partial charge is 0.497 e. The Balaban J connectivity index is 1.44. The average molecular weight is 541 g/mol. The number of nitrogens with one attached hydrogen (secondary N) is 1. The Morgan fingerprint density at radius 3 is 2.41 bits per heavy atom. The lowest BCUT2D eigenvalue weighted by Crippen LogP contribution is -2.64. The van der Waals surface area contributed by atoms with E-state index in [1.54, 1.807) is 28.5 Å². The van der Waals surface area contributed by atoms with Crippen LogP contribution in [0.5, 0.6) is 5.75 Å². The quantitative estimate of drug-likeness (QED) is 0.301. The van der Waals surface area contributed by atoms with Crippen LogP contribution in [-0.4, -0.2) is 51.9 Å². The molecular formula is C31H32N4O3S. The summed E-state index contributed by atoms with van der Waals surface area (Å²) in [6.45, 7) is 2.89. The fraction of sp³-hybridized carbons (Fsp3) is 0.258. The summed E-state index contributed by atoms with van der Waals surface area (Å²) < 4.78 is 6.94. The van der Waals surface area contributed by atoms with Crippen molar-refractivity contribution in [1.29, 1.82) is 0 Å². The number of benzene rings is 3. The predicted octanol–water partition coefficient (Wildman–Crippen LogP) is 5.05. The molecule has 0 bridgehead atoms. The molecule has 1 aliphatic heterocycles. The van der Waals surface area contributed by atoms with Crippen LogP contribution in [0.3, 0.4) is 0 Å². The van der Waals surface area contributed by atoms with E-state index in [1.165, 1.54) is 4.90 Å². The number of hydrogen-bond donors (Lipinski definition) is 1. The maximum Gasteiger partial charge on any atom is 0.273 e. The number of fused-ring (bicyclic) bond motifs is 1. The molecule has 1 aliphatic rings. The molecular weight excluding hydrogens is 508 g/mol. The summed E-state index contributed by atoms with van der Waals surface area (Å²) in [6, 6.07) is 27.5. The molecule has 0 spiro atoms. The standard InChI is InChI=1S/C31H32N4O3S/c1-31(30(37)32-20-23-7-5-4-6-8-23)21-35-28(19-27(33-35)24-11-13-25(38-2)14-12-24)29(36)34(31)18-17-22-9-15-26(39-3)16-10-22/h4-16,19H,17-18,20-21H2,1-3H3,(H,32,37)/t31-/m1/s1. The van der Waals surface area contributed by atoms with Crippen molar-refractivity contribution >= 4 is 23.6 Å². The Labute approximate surface area is 233 Å². The Bertz CT molecular complexity index is 1450. The molecule has 0 fully saturated rings. The van der Waals surface area contributed by atoms with E-state index in [4.69, 9.17) is 9.84 Å². The number of rotatable bonds is 9. The first-order valence-electron chi connectivity index (χ1n) is 12.9. The highest BCUT2D eigenvalue weighted by atomic mass is 32.2. The van der Waals surface area contributed by atoms with Crippen molar-refractivity contribution in [2.75, 3.05) is 19.9 Å². The second kappa shape index (κ2) is 11.4. The zero-order valence-corrected chi connectivity index (χ0v) is 23.2. The van der Waals surface area contributed by atoms with Gasteiger partial charge in [0.2, 0.25) is 5.91 Å². The molecule has 0 unspecified atom stereocenters. The molecule has 1 atom stereocenters. The zero-order valence-electron chi connectivity index (χ0n) is 22.4. The third-order valence-corrected chi connectivity index (χ3v) is 8.00. The third-order valence-electron chi connectivity index (χ3n) is 7.25. The molecule has 2 amide bonds. The van der Waals surface area contributed by atoms with E-state index < -0.39 is 5.54 Å². The Morgan fingerprint density at radius 2 is 1.74 bits per heavy atom. The molecule has 5 rings (SSSR count). The molecule has 2 heterocycles. The van der Waals surface area contributed by atoms with Gasteiger partial charge in [0.1, 0.15) is 17.0 Å². The van der Waals surface area contributed by atoms with Crippen molar-refractivity contribution in [2.24, 2.45) is 0 Å². The number of methoxy groups -OCH3 is 1. The molecule has 0 aliphatic carbocycles. The van der Waals surface area contributed by atoms with Crippen LogP contribution in [0.1, 0.15) is 28.5 Å². The lowest BCUT2D eigenvalue weighted by atomic mass is 9.94. The van der Waals surface area contributed by atoms with E-state index in [1.807, 2.05) is 73.8 Å². The smallest absolute Gasteiger partial charge is 0.273 e. The number of carbonyl (C=O) groups is 2. The van der Waals surface area contributed by atoms with E-state index in [9.17, 15) is 9.59 Å². The lowest BCUT2D eigenvalue weighted by molar-refractivity contribution is -0.133. The van der Waals surface area contributed by atoms with Crippen molar-refractivity contribution in [3.63, 3.8) is 0 Å². The van der Waals surface area contributed by atoms with Gasteiger partial charge < -0.3 is 15.0 Å². The Kier molecular flexibility index (Phi) is 7.74. The molecule has 39 heavy (non-hydrogen) atoms. The number of amides is 2. The topological polar surface area (TPSA) is 76.5 Å². The summed E-state index contributed by atoms with van der Waals surface area (Å²) >= 11 is 1.69. The number of carbonyl (C=O) groups excluding carboxylic acids is 2. The highest BCUT2D eigenvalue weighted by Gasteiger charge is 2.47. The first-order chi connectivity index (χ1) is 18.9.